The molecule has 0 bridgehead atoms. The summed E-state index contributed by atoms with van der Waals surface area (Å²) in [7, 11) is 0. The third-order valence-corrected chi connectivity index (χ3v) is 3.83. The molecule has 0 saturated heterocycles. The summed E-state index contributed by atoms with van der Waals surface area (Å²) in [5.74, 6) is 0. The van der Waals surface area contributed by atoms with E-state index in [2.05, 4.69) is 39.9 Å². The number of aromatic nitrogens is 1. The summed E-state index contributed by atoms with van der Waals surface area (Å²) in [6.45, 7) is 0. The Labute approximate surface area is 124 Å². The van der Waals surface area contributed by atoms with Crippen LogP contribution in [0.15, 0.2) is 48.8 Å². The van der Waals surface area contributed by atoms with Crippen LogP contribution in [0.4, 0.5) is 5.69 Å². The summed E-state index contributed by atoms with van der Waals surface area (Å²) in [5.41, 5.74) is 3.77. The number of thiocarbonyl (C=S) groups is 1. The number of benzene rings is 1. The lowest BCUT2D eigenvalue weighted by atomic mass is 9.88. The van der Waals surface area contributed by atoms with E-state index in [1.54, 1.807) is 12.4 Å². The predicted molar refractivity (Wildman–Crippen MR) is 85.7 cm³/mol. The first kappa shape index (κ1) is 13.1. The van der Waals surface area contributed by atoms with Crippen molar-refractivity contribution in [2.45, 2.75) is 25.3 Å². The van der Waals surface area contributed by atoms with E-state index in [1.807, 2.05) is 12.1 Å². The van der Waals surface area contributed by atoms with Gasteiger partial charge in [0.05, 0.1) is 6.04 Å². The van der Waals surface area contributed by atoms with E-state index in [0.29, 0.717) is 11.2 Å². The van der Waals surface area contributed by atoms with Crippen molar-refractivity contribution in [3.63, 3.8) is 0 Å². The second kappa shape index (κ2) is 6.01. The molecular formula is C16H17N3S. The molecule has 0 unspecified atom stereocenters. The second-order valence-electron chi connectivity index (χ2n) is 4.98. The molecule has 2 N–H and O–H groups in total. The van der Waals surface area contributed by atoms with E-state index in [1.165, 1.54) is 24.0 Å². The third-order valence-electron chi connectivity index (χ3n) is 3.61. The molecule has 102 valence electrons. The molecule has 1 aromatic heterocycles. The Morgan fingerprint density at radius 2 is 1.95 bits per heavy atom. The van der Waals surface area contributed by atoms with Crippen molar-refractivity contribution in [2.24, 2.45) is 0 Å². The highest BCUT2D eigenvalue weighted by atomic mass is 32.1. The molecule has 3 nitrogen and oxygen atoms in total. The smallest absolute Gasteiger partial charge is 0.171 e. The van der Waals surface area contributed by atoms with Crippen LogP contribution >= 0.6 is 12.2 Å². The molecule has 0 spiro atoms. The standard InChI is InChI=1S/C16H17N3S/c20-16(18-13-8-10-17-11-9-13)19-15-7-3-5-12-4-1-2-6-14(12)15/h1-2,4,6,8-11,15H,3,5,7H2,(H2,17,18,19,20)/t15-/m0/s1. The van der Waals surface area contributed by atoms with Crippen LogP contribution in [-0.2, 0) is 6.42 Å². The quantitative estimate of drug-likeness (QED) is 0.828. The van der Waals surface area contributed by atoms with E-state index in [9.17, 15) is 0 Å². The van der Waals surface area contributed by atoms with Gasteiger partial charge in [-0.25, -0.2) is 0 Å². The number of pyridine rings is 1. The summed E-state index contributed by atoms with van der Waals surface area (Å²) in [4.78, 5) is 3.99. The van der Waals surface area contributed by atoms with Gasteiger partial charge >= 0.3 is 0 Å². The molecule has 0 aliphatic heterocycles. The molecule has 1 atom stereocenters. The number of fused-ring (bicyclic) bond motifs is 1. The molecule has 1 aliphatic rings. The fourth-order valence-corrected chi connectivity index (χ4v) is 2.92. The van der Waals surface area contributed by atoms with Crippen LogP contribution in [0.2, 0.25) is 0 Å². The van der Waals surface area contributed by atoms with Gasteiger partial charge in [0.15, 0.2) is 5.11 Å². The maximum Gasteiger partial charge on any atom is 0.171 e. The lowest BCUT2D eigenvalue weighted by Crippen LogP contribution is -2.34. The highest BCUT2D eigenvalue weighted by Gasteiger charge is 2.20. The SMILES string of the molecule is S=C(Nc1ccncc1)N[C@H]1CCCc2ccccc21. The molecule has 3 rings (SSSR count). The lowest BCUT2D eigenvalue weighted by molar-refractivity contribution is 0.529. The van der Waals surface area contributed by atoms with Gasteiger partial charge in [0.1, 0.15) is 0 Å². The van der Waals surface area contributed by atoms with E-state index < -0.39 is 0 Å². The van der Waals surface area contributed by atoms with Crippen LogP contribution < -0.4 is 10.6 Å². The Balaban J connectivity index is 1.68. The molecule has 1 aliphatic carbocycles. The van der Waals surface area contributed by atoms with Crippen molar-refractivity contribution in [1.82, 2.24) is 10.3 Å². The zero-order valence-electron chi connectivity index (χ0n) is 11.2. The number of hydrogen-bond donors (Lipinski definition) is 2. The van der Waals surface area contributed by atoms with Gasteiger partial charge in [-0.2, -0.15) is 0 Å². The van der Waals surface area contributed by atoms with Gasteiger partial charge in [-0.1, -0.05) is 24.3 Å². The topological polar surface area (TPSA) is 37.0 Å². The Morgan fingerprint density at radius 3 is 2.80 bits per heavy atom. The van der Waals surface area contributed by atoms with Crippen LogP contribution in [0.5, 0.6) is 0 Å². The van der Waals surface area contributed by atoms with Gasteiger partial charge in [-0.3, -0.25) is 4.98 Å². The minimum Gasteiger partial charge on any atom is -0.356 e. The first-order valence-electron chi connectivity index (χ1n) is 6.88. The van der Waals surface area contributed by atoms with Crippen LogP contribution in [-0.4, -0.2) is 10.1 Å². The summed E-state index contributed by atoms with van der Waals surface area (Å²) >= 11 is 5.40. The van der Waals surface area contributed by atoms with Crippen LogP contribution in [0.25, 0.3) is 0 Å². The van der Waals surface area contributed by atoms with Gasteiger partial charge in [0.25, 0.3) is 0 Å². The summed E-state index contributed by atoms with van der Waals surface area (Å²) in [5, 5.41) is 7.29. The number of rotatable bonds is 2. The molecule has 1 heterocycles. The zero-order valence-corrected chi connectivity index (χ0v) is 12.0. The molecule has 0 amide bonds. The van der Waals surface area contributed by atoms with Crippen LogP contribution in [0, 0.1) is 0 Å². The monoisotopic (exact) mass is 283 g/mol. The molecule has 0 fully saturated rings. The Hall–Kier alpha value is -1.94. The van der Waals surface area contributed by atoms with Gasteiger partial charge < -0.3 is 10.6 Å². The molecule has 0 saturated carbocycles. The minimum atomic E-state index is 0.307. The lowest BCUT2D eigenvalue weighted by Gasteiger charge is -2.27. The fraction of sp³-hybridized carbons (Fsp3) is 0.250. The maximum absolute atomic E-state index is 5.40. The summed E-state index contributed by atoms with van der Waals surface area (Å²) in [6, 6.07) is 12.7. The first-order chi connectivity index (χ1) is 9.83. The fourth-order valence-electron chi connectivity index (χ4n) is 2.66. The van der Waals surface area contributed by atoms with Gasteiger partial charge in [-0.05, 0) is 54.7 Å². The molecule has 4 heteroatoms. The first-order valence-corrected chi connectivity index (χ1v) is 7.29. The average molecular weight is 283 g/mol. The third kappa shape index (κ3) is 2.96. The van der Waals surface area contributed by atoms with Crippen molar-refractivity contribution >= 4 is 23.0 Å². The highest BCUT2D eigenvalue weighted by molar-refractivity contribution is 7.80. The summed E-state index contributed by atoms with van der Waals surface area (Å²) < 4.78 is 0. The van der Waals surface area contributed by atoms with Crippen molar-refractivity contribution in [3.05, 3.63) is 59.9 Å². The molecule has 2 aromatic rings. The van der Waals surface area contributed by atoms with Crippen molar-refractivity contribution in [3.8, 4) is 0 Å². The second-order valence-corrected chi connectivity index (χ2v) is 5.39. The van der Waals surface area contributed by atoms with Gasteiger partial charge in [-0.15, -0.1) is 0 Å². The number of nitrogens with zero attached hydrogens (tertiary/aromatic N) is 1. The van der Waals surface area contributed by atoms with E-state index in [0.717, 1.165) is 12.1 Å². The zero-order chi connectivity index (χ0) is 13.8. The highest BCUT2D eigenvalue weighted by Crippen LogP contribution is 2.29. The predicted octanol–water partition coefficient (Wildman–Crippen LogP) is 3.45. The molecular weight excluding hydrogens is 266 g/mol. The number of nitrogens with one attached hydrogen (secondary N) is 2. The Bertz CT molecular complexity index is 598. The van der Waals surface area contributed by atoms with E-state index in [4.69, 9.17) is 12.2 Å². The largest absolute Gasteiger partial charge is 0.356 e. The Kier molecular flexibility index (Phi) is 3.92. The van der Waals surface area contributed by atoms with Crippen LogP contribution in [0.3, 0.4) is 0 Å². The number of hydrogen-bond acceptors (Lipinski definition) is 2. The van der Waals surface area contributed by atoms with Crippen molar-refractivity contribution in [2.75, 3.05) is 5.32 Å². The Morgan fingerprint density at radius 1 is 1.15 bits per heavy atom. The van der Waals surface area contributed by atoms with Crippen molar-refractivity contribution < 1.29 is 0 Å². The maximum atomic E-state index is 5.40. The number of aryl methyl sites for hydroxylation is 1. The van der Waals surface area contributed by atoms with E-state index in [-0.39, 0.29) is 0 Å². The molecule has 1 aromatic carbocycles. The van der Waals surface area contributed by atoms with Gasteiger partial charge in [0.2, 0.25) is 0 Å². The van der Waals surface area contributed by atoms with Crippen LogP contribution in [0.1, 0.15) is 30.0 Å². The van der Waals surface area contributed by atoms with Gasteiger partial charge in [0, 0.05) is 18.1 Å². The molecule has 20 heavy (non-hydrogen) atoms. The number of anilines is 1. The normalized spacial score (nSPS) is 17.1. The van der Waals surface area contributed by atoms with Crippen molar-refractivity contribution in [1.29, 1.82) is 0 Å². The molecule has 0 radical (unpaired) electrons. The van der Waals surface area contributed by atoms with E-state index >= 15 is 0 Å². The minimum absolute atomic E-state index is 0.307. The summed E-state index contributed by atoms with van der Waals surface area (Å²) in [6.07, 6.45) is 6.99. The average Bonchev–Trinajstić information content (AvgIpc) is 2.48.